The molecule has 2 aromatic carbocycles. The summed E-state index contributed by atoms with van der Waals surface area (Å²) in [6.07, 6.45) is 3.01. The van der Waals surface area contributed by atoms with Crippen LogP contribution in [0.1, 0.15) is 35.9 Å². The highest BCUT2D eigenvalue weighted by atomic mass is 16.5. The average molecular weight is 335 g/mol. The number of aromatic nitrogens is 1. The summed E-state index contributed by atoms with van der Waals surface area (Å²) in [5, 5.41) is 0. The first-order valence-electron chi connectivity index (χ1n) is 8.91. The molecule has 0 unspecified atom stereocenters. The summed E-state index contributed by atoms with van der Waals surface area (Å²) in [5.41, 5.74) is 4.65. The summed E-state index contributed by atoms with van der Waals surface area (Å²) >= 11 is 0. The Hall–Kier alpha value is -2.55. The lowest BCUT2D eigenvalue weighted by atomic mass is 10.0. The van der Waals surface area contributed by atoms with Crippen LogP contribution in [0.25, 0.3) is 11.5 Å². The van der Waals surface area contributed by atoms with Gasteiger partial charge in [0, 0.05) is 12.0 Å². The molecule has 3 heteroatoms. The molecule has 3 aromatic rings. The van der Waals surface area contributed by atoms with Gasteiger partial charge < -0.3 is 9.15 Å². The van der Waals surface area contributed by atoms with Gasteiger partial charge in [-0.3, -0.25) is 0 Å². The second kappa shape index (κ2) is 8.02. The number of hydrogen-bond acceptors (Lipinski definition) is 3. The van der Waals surface area contributed by atoms with E-state index in [2.05, 4.69) is 37.0 Å². The molecule has 130 valence electrons. The van der Waals surface area contributed by atoms with Crippen LogP contribution in [0.15, 0.2) is 52.9 Å². The Balaban J connectivity index is 1.61. The lowest BCUT2D eigenvalue weighted by molar-refractivity contribution is 0.319. The standard InChI is InChI=1S/C22H25NO2/c1-4-8-18-11-12-20(15-16(18)2)24-14-13-21-17(3)25-22(23-21)19-9-6-5-7-10-19/h5-7,9-12,15H,4,8,13-14H2,1-3H3. The van der Waals surface area contributed by atoms with Crippen LogP contribution in [-0.4, -0.2) is 11.6 Å². The Morgan fingerprint density at radius 3 is 2.52 bits per heavy atom. The third-order valence-electron chi connectivity index (χ3n) is 4.35. The second-order valence-electron chi connectivity index (χ2n) is 6.32. The minimum absolute atomic E-state index is 0.591. The lowest BCUT2D eigenvalue weighted by Crippen LogP contribution is -2.03. The Bertz CT molecular complexity index is 821. The minimum Gasteiger partial charge on any atom is -0.493 e. The summed E-state index contributed by atoms with van der Waals surface area (Å²) in [6.45, 7) is 6.90. The van der Waals surface area contributed by atoms with Crippen LogP contribution in [0.2, 0.25) is 0 Å². The fraction of sp³-hybridized carbons (Fsp3) is 0.318. The predicted molar refractivity (Wildman–Crippen MR) is 101 cm³/mol. The summed E-state index contributed by atoms with van der Waals surface area (Å²) in [4.78, 5) is 4.62. The van der Waals surface area contributed by atoms with Gasteiger partial charge in [0.15, 0.2) is 0 Å². The van der Waals surface area contributed by atoms with Gasteiger partial charge in [-0.2, -0.15) is 0 Å². The molecular weight excluding hydrogens is 310 g/mol. The number of aryl methyl sites for hydroxylation is 3. The number of ether oxygens (including phenoxy) is 1. The zero-order valence-electron chi connectivity index (χ0n) is 15.2. The quantitative estimate of drug-likeness (QED) is 0.569. The maximum absolute atomic E-state index is 5.91. The average Bonchev–Trinajstić information content (AvgIpc) is 2.99. The van der Waals surface area contributed by atoms with Gasteiger partial charge in [-0.25, -0.2) is 4.98 Å². The molecular formula is C22H25NO2. The van der Waals surface area contributed by atoms with Crippen LogP contribution in [0.3, 0.4) is 0 Å². The van der Waals surface area contributed by atoms with Crippen LogP contribution >= 0.6 is 0 Å². The number of rotatable bonds is 7. The summed E-state index contributed by atoms with van der Waals surface area (Å²) < 4.78 is 11.7. The van der Waals surface area contributed by atoms with Crippen molar-refractivity contribution in [3.8, 4) is 17.2 Å². The molecule has 0 atom stereocenters. The molecule has 3 nitrogen and oxygen atoms in total. The lowest BCUT2D eigenvalue weighted by Gasteiger charge is -2.09. The van der Waals surface area contributed by atoms with Crippen molar-refractivity contribution >= 4 is 0 Å². The highest BCUT2D eigenvalue weighted by molar-refractivity contribution is 5.53. The largest absolute Gasteiger partial charge is 0.493 e. The van der Waals surface area contributed by atoms with Gasteiger partial charge in [0.1, 0.15) is 11.5 Å². The molecule has 0 N–H and O–H groups in total. The first kappa shape index (κ1) is 17.3. The maximum atomic E-state index is 5.91. The third kappa shape index (κ3) is 4.30. The molecule has 0 amide bonds. The van der Waals surface area contributed by atoms with Crippen LogP contribution in [0, 0.1) is 13.8 Å². The fourth-order valence-corrected chi connectivity index (χ4v) is 2.94. The van der Waals surface area contributed by atoms with Gasteiger partial charge in [0.05, 0.1) is 12.3 Å². The molecule has 25 heavy (non-hydrogen) atoms. The molecule has 0 aliphatic rings. The molecule has 0 aliphatic carbocycles. The number of nitrogens with zero attached hydrogens (tertiary/aromatic N) is 1. The normalized spacial score (nSPS) is 10.8. The van der Waals surface area contributed by atoms with Gasteiger partial charge in [-0.15, -0.1) is 0 Å². The predicted octanol–water partition coefficient (Wildman–Crippen LogP) is 5.53. The number of hydrogen-bond donors (Lipinski definition) is 0. The second-order valence-corrected chi connectivity index (χ2v) is 6.32. The third-order valence-corrected chi connectivity index (χ3v) is 4.35. The van der Waals surface area contributed by atoms with E-state index < -0.39 is 0 Å². The van der Waals surface area contributed by atoms with E-state index in [9.17, 15) is 0 Å². The van der Waals surface area contributed by atoms with Crippen LogP contribution in [0.4, 0.5) is 0 Å². The Kier molecular flexibility index (Phi) is 5.54. The van der Waals surface area contributed by atoms with Crippen molar-refractivity contribution in [3.05, 3.63) is 71.1 Å². The van der Waals surface area contributed by atoms with Crippen molar-refractivity contribution in [2.24, 2.45) is 0 Å². The van der Waals surface area contributed by atoms with Crippen molar-refractivity contribution in [3.63, 3.8) is 0 Å². The molecule has 1 heterocycles. The Labute approximate surface area is 149 Å². The van der Waals surface area contributed by atoms with Crippen molar-refractivity contribution in [2.45, 2.75) is 40.0 Å². The van der Waals surface area contributed by atoms with E-state index in [-0.39, 0.29) is 0 Å². The van der Waals surface area contributed by atoms with E-state index in [1.54, 1.807) is 0 Å². The van der Waals surface area contributed by atoms with Gasteiger partial charge in [-0.1, -0.05) is 37.6 Å². The number of benzene rings is 2. The van der Waals surface area contributed by atoms with Crippen molar-refractivity contribution in [1.82, 2.24) is 4.98 Å². The molecule has 0 spiro atoms. The first-order valence-corrected chi connectivity index (χ1v) is 8.91. The van der Waals surface area contributed by atoms with E-state index in [0.29, 0.717) is 12.5 Å². The van der Waals surface area contributed by atoms with E-state index in [0.717, 1.165) is 42.0 Å². The number of oxazole rings is 1. The minimum atomic E-state index is 0.591. The zero-order chi connectivity index (χ0) is 17.6. The van der Waals surface area contributed by atoms with Crippen molar-refractivity contribution in [1.29, 1.82) is 0 Å². The van der Waals surface area contributed by atoms with Gasteiger partial charge in [-0.05, 0) is 55.7 Å². The maximum Gasteiger partial charge on any atom is 0.226 e. The Morgan fingerprint density at radius 2 is 1.80 bits per heavy atom. The highest BCUT2D eigenvalue weighted by Gasteiger charge is 2.11. The molecule has 0 bridgehead atoms. The summed E-state index contributed by atoms with van der Waals surface area (Å²) in [6, 6.07) is 16.3. The van der Waals surface area contributed by atoms with Crippen molar-refractivity contribution in [2.75, 3.05) is 6.61 Å². The van der Waals surface area contributed by atoms with Gasteiger partial charge in [0.25, 0.3) is 0 Å². The van der Waals surface area contributed by atoms with Crippen molar-refractivity contribution < 1.29 is 9.15 Å². The summed E-state index contributed by atoms with van der Waals surface area (Å²) in [5.74, 6) is 2.45. The molecule has 1 aromatic heterocycles. The molecule has 0 saturated heterocycles. The molecule has 0 radical (unpaired) electrons. The summed E-state index contributed by atoms with van der Waals surface area (Å²) in [7, 11) is 0. The SMILES string of the molecule is CCCc1ccc(OCCc2nc(-c3ccccc3)oc2C)cc1C. The van der Waals surface area contributed by atoms with E-state index in [1.165, 1.54) is 11.1 Å². The molecule has 0 saturated carbocycles. The fourth-order valence-electron chi connectivity index (χ4n) is 2.94. The van der Waals surface area contributed by atoms with Crippen LogP contribution in [-0.2, 0) is 12.8 Å². The molecule has 0 aliphatic heterocycles. The molecule has 3 rings (SSSR count). The van der Waals surface area contributed by atoms with Crippen LogP contribution in [0.5, 0.6) is 5.75 Å². The smallest absolute Gasteiger partial charge is 0.226 e. The zero-order valence-corrected chi connectivity index (χ0v) is 15.2. The molecule has 0 fully saturated rings. The highest BCUT2D eigenvalue weighted by Crippen LogP contribution is 2.22. The van der Waals surface area contributed by atoms with Gasteiger partial charge in [0.2, 0.25) is 5.89 Å². The van der Waals surface area contributed by atoms with E-state index in [4.69, 9.17) is 9.15 Å². The van der Waals surface area contributed by atoms with Crippen LogP contribution < -0.4 is 4.74 Å². The first-order chi connectivity index (χ1) is 12.2. The van der Waals surface area contributed by atoms with E-state index in [1.807, 2.05) is 37.3 Å². The van der Waals surface area contributed by atoms with Gasteiger partial charge >= 0.3 is 0 Å². The topological polar surface area (TPSA) is 35.3 Å². The monoisotopic (exact) mass is 335 g/mol. The van der Waals surface area contributed by atoms with E-state index >= 15 is 0 Å². The Morgan fingerprint density at radius 1 is 1.00 bits per heavy atom.